The van der Waals surface area contributed by atoms with Gasteiger partial charge >= 0.3 is 0 Å². The maximum Gasteiger partial charge on any atom is 0.234 e. The molecule has 0 radical (unpaired) electrons. The van der Waals surface area contributed by atoms with E-state index in [1.54, 1.807) is 12.1 Å². The molecule has 1 fully saturated rings. The number of likely N-dealkylation sites (tertiary alicyclic amines) is 1. The van der Waals surface area contributed by atoms with E-state index in [1.165, 1.54) is 12.1 Å². The van der Waals surface area contributed by atoms with Gasteiger partial charge in [0.2, 0.25) is 5.91 Å². The molecular weight excluding hydrogens is 257 g/mol. The lowest BCUT2D eigenvalue weighted by atomic mass is 9.98. The van der Waals surface area contributed by atoms with E-state index in [2.05, 4.69) is 10.2 Å². The van der Waals surface area contributed by atoms with Gasteiger partial charge < -0.3 is 11.1 Å². The summed E-state index contributed by atoms with van der Waals surface area (Å²) in [5, 5.41) is 2.86. The van der Waals surface area contributed by atoms with Gasteiger partial charge in [0.15, 0.2) is 0 Å². The van der Waals surface area contributed by atoms with Gasteiger partial charge in [0, 0.05) is 13.1 Å². The summed E-state index contributed by atoms with van der Waals surface area (Å²) >= 11 is 0. The van der Waals surface area contributed by atoms with Gasteiger partial charge in [-0.25, -0.2) is 4.39 Å². The molecule has 0 bridgehead atoms. The first kappa shape index (κ1) is 14.9. The van der Waals surface area contributed by atoms with Crippen LogP contribution in [0.5, 0.6) is 0 Å². The minimum Gasteiger partial charge on any atom is -0.351 e. The van der Waals surface area contributed by atoms with E-state index in [9.17, 15) is 9.18 Å². The van der Waals surface area contributed by atoms with Gasteiger partial charge in [0.1, 0.15) is 5.82 Å². The molecule has 5 heteroatoms. The summed E-state index contributed by atoms with van der Waals surface area (Å²) in [6.07, 6.45) is 2.26. The second-order valence-corrected chi connectivity index (χ2v) is 5.38. The number of piperidine rings is 1. The van der Waals surface area contributed by atoms with Crippen molar-refractivity contribution in [3.05, 3.63) is 35.6 Å². The summed E-state index contributed by atoms with van der Waals surface area (Å²) in [6.45, 7) is 3.40. The Morgan fingerprint density at radius 1 is 1.40 bits per heavy atom. The fourth-order valence-corrected chi connectivity index (χ4v) is 2.55. The monoisotopic (exact) mass is 279 g/mol. The first-order valence-corrected chi connectivity index (χ1v) is 7.11. The number of nitrogens with zero attached hydrogens (tertiary/aromatic N) is 1. The average Bonchev–Trinajstić information content (AvgIpc) is 2.47. The van der Waals surface area contributed by atoms with Crippen molar-refractivity contribution >= 4 is 5.91 Å². The van der Waals surface area contributed by atoms with E-state index in [1.807, 2.05) is 0 Å². The van der Waals surface area contributed by atoms with E-state index in [4.69, 9.17) is 5.73 Å². The topological polar surface area (TPSA) is 58.4 Å². The molecule has 0 aromatic heterocycles. The second kappa shape index (κ2) is 7.36. The molecular formula is C15H22FN3O. The van der Waals surface area contributed by atoms with Crippen LogP contribution in [-0.4, -0.2) is 37.0 Å². The molecule has 1 aromatic rings. The largest absolute Gasteiger partial charge is 0.351 e. The Kier molecular flexibility index (Phi) is 5.49. The van der Waals surface area contributed by atoms with E-state index in [-0.39, 0.29) is 11.7 Å². The zero-order valence-corrected chi connectivity index (χ0v) is 11.6. The molecule has 20 heavy (non-hydrogen) atoms. The number of hydrogen-bond donors (Lipinski definition) is 2. The van der Waals surface area contributed by atoms with Crippen molar-refractivity contribution in [2.75, 3.05) is 26.2 Å². The Balaban J connectivity index is 1.73. The first-order chi connectivity index (χ1) is 9.67. The van der Waals surface area contributed by atoms with Crippen molar-refractivity contribution in [2.45, 2.75) is 19.4 Å². The molecule has 2 rings (SSSR count). The Labute approximate surface area is 119 Å². The fraction of sp³-hybridized carbons (Fsp3) is 0.533. The van der Waals surface area contributed by atoms with Crippen molar-refractivity contribution in [1.29, 1.82) is 0 Å². The molecule has 1 aliphatic heterocycles. The number of nitrogens with one attached hydrogen (secondary N) is 1. The Bertz CT molecular complexity index is 435. The van der Waals surface area contributed by atoms with Crippen molar-refractivity contribution < 1.29 is 9.18 Å². The third kappa shape index (κ3) is 4.58. The number of nitrogens with two attached hydrogens (primary N) is 1. The molecule has 1 aromatic carbocycles. The first-order valence-electron chi connectivity index (χ1n) is 7.11. The highest BCUT2D eigenvalue weighted by atomic mass is 19.1. The summed E-state index contributed by atoms with van der Waals surface area (Å²) in [5.74, 6) is 0.252. The molecule has 110 valence electrons. The number of carbonyl (C=O) groups excluding carboxylic acids is 1. The van der Waals surface area contributed by atoms with E-state index in [0.29, 0.717) is 25.6 Å². The number of halogens is 1. The van der Waals surface area contributed by atoms with Gasteiger partial charge in [0.25, 0.3) is 0 Å². The highest BCUT2D eigenvalue weighted by Gasteiger charge is 2.20. The number of amides is 1. The molecule has 3 N–H and O–H groups in total. The SMILES string of the molecule is NCC1CCCN(CC(=O)NCc2ccc(F)cc2)C1. The molecule has 1 amide bonds. The van der Waals surface area contributed by atoms with Crippen molar-refractivity contribution in [3.63, 3.8) is 0 Å². The molecule has 4 nitrogen and oxygen atoms in total. The maximum atomic E-state index is 12.8. The number of carbonyl (C=O) groups is 1. The maximum absolute atomic E-state index is 12.8. The van der Waals surface area contributed by atoms with Crippen molar-refractivity contribution in [1.82, 2.24) is 10.2 Å². The van der Waals surface area contributed by atoms with Crippen LogP contribution < -0.4 is 11.1 Å². The number of benzene rings is 1. The Morgan fingerprint density at radius 3 is 2.85 bits per heavy atom. The van der Waals surface area contributed by atoms with Crippen LogP contribution in [0.3, 0.4) is 0 Å². The molecule has 1 saturated heterocycles. The van der Waals surface area contributed by atoms with Gasteiger partial charge in [-0.3, -0.25) is 9.69 Å². The van der Waals surface area contributed by atoms with Crippen LogP contribution in [0, 0.1) is 11.7 Å². The van der Waals surface area contributed by atoms with Crippen LogP contribution >= 0.6 is 0 Å². The Morgan fingerprint density at radius 2 is 2.15 bits per heavy atom. The smallest absolute Gasteiger partial charge is 0.234 e. The quantitative estimate of drug-likeness (QED) is 0.849. The average molecular weight is 279 g/mol. The fourth-order valence-electron chi connectivity index (χ4n) is 2.55. The molecule has 1 heterocycles. The summed E-state index contributed by atoms with van der Waals surface area (Å²) in [4.78, 5) is 14.0. The number of hydrogen-bond acceptors (Lipinski definition) is 3. The molecule has 0 saturated carbocycles. The van der Waals surface area contributed by atoms with Gasteiger partial charge in [-0.2, -0.15) is 0 Å². The van der Waals surface area contributed by atoms with Crippen LogP contribution in [0.15, 0.2) is 24.3 Å². The standard InChI is InChI=1S/C15H22FN3O/c16-14-5-3-12(4-6-14)9-18-15(20)11-19-7-1-2-13(8-17)10-19/h3-6,13H,1-2,7-11,17H2,(H,18,20). The molecule has 1 unspecified atom stereocenters. The van der Waals surface area contributed by atoms with Crippen molar-refractivity contribution in [3.8, 4) is 0 Å². The van der Waals surface area contributed by atoms with Gasteiger partial charge in [-0.1, -0.05) is 12.1 Å². The number of rotatable bonds is 5. The summed E-state index contributed by atoms with van der Waals surface area (Å²) in [7, 11) is 0. The van der Waals surface area contributed by atoms with Crippen LogP contribution in [0.4, 0.5) is 4.39 Å². The Hall–Kier alpha value is -1.46. The van der Waals surface area contributed by atoms with E-state index < -0.39 is 0 Å². The van der Waals surface area contributed by atoms with E-state index in [0.717, 1.165) is 31.5 Å². The minimum atomic E-state index is -0.263. The summed E-state index contributed by atoms with van der Waals surface area (Å²) in [6, 6.07) is 6.16. The zero-order chi connectivity index (χ0) is 14.4. The third-order valence-electron chi connectivity index (χ3n) is 3.71. The molecule has 0 spiro atoms. The lowest BCUT2D eigenvalue weighted by Gasteiger charge is -2.31. The summed E-state index contributed by atoms with van der Waals surface area (Å²) in [5.41, 5.74) is 6.59. The van der Waals surface area contributed by atoms with Gasteiger partial charge in [0.05, 0.1) is 6.54 Å². The van der Waals surface area contributed by atoms with Gasteiger partial charge in [-0.15, -0.1) is 0 Å². The predicted octanol–water partition coefficient (Wildman–Crippen LogP) is 1.11. The predicted molar refractivity (Wildman–Crippen MR) is 76.5 cm³/mol. The normalized spacial score (nSPS) is 19.8. The highest BCUT2D eigenvalue weighted by Crippen LogP contribution is 2.14. The summed E-state index contributed by atoms with van der Waals surface area (Å²) < 4.78 is 12.8. The van der Waals surface area contributed by atoms with Crippen LogP contribution in [0.1, 0.15) is 18.4 Å². The molecule has 1 atom stereocenters. The van der Waals surface area contributed by atoms with E-state index >= 15 is 0 Å². The lowest BCUT2D eigenvalue weighted by molar-refractivity contribution is -0.122. The van der Waals surface area contributed by atoms with Gasteiger partial charge in [-0.05, 0) is 49.5 Å². The van der Waals surface area contributed by atoms with Crippen LogP contribution in [0.2, 0.25) is 0 Å². The zero-order valence-electron chi connectivity index (χ0n) is 11.6. The third-order valence-corrected chi connectivity index (χ3v) is 3.71. The lowest BCUT2D eigenvalue weighted by Crippen LogP contribution is -2.43. The van der Waals surface area contributed by atoms with Crippen LogP contribution in [-0.2, 0) is 11.3 Å². The molecule has 0 aliphatic carbocycles. The molecule has 1 aliphatic rings. The van der Waals surface area contributed by atoms with Crippen molar-refractivity contribution in [2.24, 2.45) is 11.7 Å². The highest BCUT2D eigenvalue weighted by molar-refractivity contribution is 5.78. The second-order valence-electron chi connectivity index (χ2n) is 5.38. The minimum absolute atomic E-state index is 0.00648. The van der Waals surface area contributed by atoms with Crippen LogP contribution in [0.25, 0.3) is 0 Å².